The van der Waals surface area contributed by atoms with Gasteiger partial charge in [0.15, 0.2) is 0 Å². The van der Waals surface area contributed by atoms with E-state index in [1.165, 1.54) is 13.5 Å². The smallest absolute Gasteiger partial charge is 0.408 e. The van der Waals surface area contributed by atoms with Gasteiger partial charge in [0.2, 0.25) is 16.6 Å². The zero-order valence-electron chi connectivity index (χ0n) is 35.2. The largest absolute Gasteiger partial charge is 0.451 e. The summed E-state index contributed by atoms with van der Waals surface area (Å²) < 4.78 is 17.3. The molecule has 53 heavy (non-hydrogen) atoms. The van der Waals surface area contributed by atoms with Gasteiger partial charge in [-0.15, -0.1) is 0 Å². The Labute approximate surface area is 323 Å². The SMILES string of the molecule is CC(C)CCC(C)N.CCCCCC(NC(=O)NC)NC(=O)OC[Si](C)(C)O[Si](C)(C)COC(=O)NCCCCCCNC(=O)NC(C)CCC(C)N. The van der Waals surface area contributed by atoms with Crippen molar-refractivity contribution in [2.75, 3.05) is 32.6 Å². The van der Waals surface area contributed by atoms with Gasteiger partial charge in [-0.1, -0.05) is 46.5 Å². The van der Waals surface area contributed by atoms with E-state index in [-0.39, 0.29) is 36.6 Å². The number of hydrogen-bond acceptors (Lipinski definition) is 9. The molecule has 0 aromatic rings. The molecule has 0 heterocycles. The molecule has 0 rings (SSSR count). The summed E-state index contributed by atoms with van der Waals surface area (Å²) in [6.45, 7) is 21.4. The molecule has 6 amide bonds. The minimum atomic E-state index is -2.43. The molecule has 0 saturated heterocycles. The molecule has 0 aliphatic rings. The summed E-state index contributed by atoms with van der Waals surface area (Å²) in [7, 11) is -3.31. The highest BCUT2D eigenvalue weighted by molar-refractivity contribution is 6.84. The van der Waals surface area contributed by atoms with Crippen molar-refractivity contribution in [3.8, 4) is 0 Å². The second-order valence-corrected chi connectivity index (χ2v) is 24.3. The number of rotatable bonds is 26. The van der Waals surface area contributed by atoms with Gasteiger partial charge in [-0.2, -0.15) is 0 Å². The van der Waals surface area contributed by atoms with Crippen LogP contribution in [0.25, 0.3) is 0 Å². The number of nitrogens with two attached hydrogens (primary N) is 2. The van der Waals surface area contributed by atoms with Crippen LogP contribution >= 0.6 is 0 Å². The predicted molar refractivity (Wildman–Crippen MR) is 220 cm³/mol. The number of unbranched alkanes of at least 4 members (excludes halogenated alkanes) is 5. The number of carbonyl (C=O) groups is 4. The first-order valence-corrected chi connectivity index (χ1v) is 26.0. The number of alkyl carbamates (subject to hydrolysis) is 2. The van der Waals surface area contributed by atoms with Gasteiger partial charge in [0.25, 0.3) is 0 Å². The summed E-state index contributed by atoms with van der Waals surface area (Å²) in [4.78, 5) is 48.3. The Morgan fingerprint density at radius 2 is 1.13 bits per heavy atom. The van der Waals surface area contributed by atoms with Crippen molar-refractivity contribution in [2.24, 2.45) is 17.4 Å². The average molecular weight is 793 g/mol. The fraction of sp³-hybridized carbons (Fsp3) is 0.889. The molecule has 17 heteroatoms. The van der Waals surface area contributed by atoms with Gasteiger partial charge in [-0.05, 0) is 104 Å². The Hall–Kier alpha value is -2.61. The van der Waals surface area contributed by atoms with Gasteiger partial charge in [-0.25, -0.2) is 19.2 Å². The van der Waals surface area contributed by atoms with Crippen LogP contribution in [-0.4, -0.2) is 97.8 Å². The van der Waals surface area contributed by atoms with E-state index in [0.717, 1.165) is 70.1 Å². The van der Waals surface area contributed by atoms with Crippen molar-refractivity contribution in [3.05, 3.63) is 0 Å². The second-order valence-electron chi connectivity index (χ2n) is 15.8. The van der Waals surface area contributed by atoms with Crippen LogP contribution in [0.4, 0.5) is 19.2 Å². The summed E-state index contributed by atoms with van der Waals surface area (Å²) in [6.07, 6.45) is 9.81. The normalized spacial score (nSPS) is 13.7. The Morgan fingerprint density at radius 3 is 1.62 bits per heavy atom. The van der Waals surface area contributed by atoms with Crippen LogP contribution in [0.1, 0.15) is 119 Å². The van der Waals surface area contributed by atoms with Crippen molar-refractivity contribution in [1.82, 2.24) is 31.9 Å². The van der Waals surface area contributed by atoms with E-state index < -0.39 is 35.0 Å². The maximum Gasteiger partial charge on any atom is 0.408 e. The Balaban J connectivity index is 0. The van der Waals surface area contributed by atoms with Gasteiger partial charge in [0, 0.05) is 38.3 Å². The van der Waals surface area contributed by atoms with Crippen LogP contribution in [0, 0.1) is 5.92 Å². The van der Waals surface area contributed by atoms with Gasteiger partial charge in [-0.3, -0.25) is 0 Å². The summed E-state index contributed by atoms with van der Waals surface area (Å²) in [6, 6.07) is 0.0649. The number of carbonyl (C=O) groups excluding carboxylic acids is 4. The third-order valence-corrected chi connectivity index (χ3v) is 14.0. The van der Waals surface area contributed by atoms with Gasteiger partial charge in [0.05, 0.1) is 0 Å². The van der Waals surface area contributed by atoms with Crippen molar-refractivity contribution in [2.45, 2.75) is 169 Å². The fourth-order valence-corrected chi connectivity index (χ4v) is 12.4. The van der Waals surface area contributed by atoms with E-state index in [9.17, 15) is 19.2 Å². The lowest BCUT2D eigenvalue weighted by Gasteiger charge is -2.33. The van der Waals surface area contributed by atoms with Crippen LogP contribution in [0.3, 0.4) is 0 Å². The Kier molecular flexibility index (Phi) is 30.4. The molecule has 0 aliphatic heterocycles. The van der Waals surface area contributed by atoms with Crippen molar-refractivity contribution in [1.29, 1.82) is 0 Å². The minimum absolute atomic E-state index is 0.0849. The van der Waals surface area contributed by atoms with E-state index in [2.05, 4.69) is 59.6 Å². The molecule has 0 spiro atoms. The van der Waals surface area contributed by atoms with E-state index >= 15 is 0 Å². The molecule has 0 bridgehead atoms. The molecule has 10 N–H and O–H groups in total. The summed E-state index contributed by atoms with van der Waals surface area (Å²) in [5, 5.41) is 16.5. The topological polar surface area (TPSA) is 220 Å². The third kappa shape index (κ3) is 36.2. The highest BCUT2D eigenvalue weighted by Crippen LogP contribution is 2.16. The molecule has 4 unspecified atom stereocenters. The van der Waals surface area contributed by atoms with Crippen LogP contribution < -0.4 is 43.4 Å². The Morgan fingerprint density at radius 1 is 0.604 bits per heavy atom. The molecule has 15 nitrogen and oxygen atoms in total. The fourth-order valence-electron chi connectivity index (χ4n) is 4.98. The summed E-state index contributed by atoms with van der Waals surface area (Å²) in [5.41, 5.74) is 11.3. The quantitative estimate of drug-likeness (QED) is 0.0295. The van der Waals surface area contributed by atoms with E-state index in [1.54, 1.807) is 0 Å². The zero-order chi connectivity index (χ0) is 40.9. The highest BCUT2D eigenvalue weighted by atomic mass is 28.4. The van der Waals surface area contributed by atoms with Gasteiger partial charge >= 0.3 is 24.2 Å². The average Bonchev–Trinajstić information content (AvgIpc) is 3.05. The molecule has 314 valence electrons. The lowest BCUT2D eigenvalue weighted by molar-refractivity contribution is 0.150. The summed E-state index contributed by atoms with van der Waals surface area (Å²) >= 11 is 0. The predicted octanol–water partition coefficient (Wildman–Crippen LogP) is 5.92. The first kappa shape index (κ1) is 52.5. The van der Waals surface area contributed by atoms with Gasteiger partial charge in [0.1, 0.15) is 18.6 Å². The summed E-state index contributed by atoms with van der Waals surface area (Å²) in [5.74, 6) is 0.806. The second kappa shape index (κ2) is 30.7. The monoisotopic (exact) mass is 793 g/mol. The highest BCUT2D eigenvalue weighted by Gasteiger charge is 2.36. The molecular formula is C36H80N8O7Si2. The van der Waals surface area contributed by atoms with Crippen LogP contribution in [0.15, 0.2) is 0 Å². The lowest BCUT2D eigenvalue weighted by Crippen LogP contribution is -2.53. The van der Waals surface area contributed by atoms with Crippen LogP contribution in [0.5, 0.6) is 0 Å². The van der Waals surface area contributed by atoms with E-state index in [4.69, 9.17) is 25.1 Å². The van der Waals surface area contributed by atoms with Crippen molar-refractivity contribution < 1.29 is 32.8 Å². The van der Waals surface area contributed by atoms with Crippen LogP contribution in [-0.2, 0) is 13.6 Å². The van der Waals surface area contributed by atoms with E-state index in [1.807, 2.05) is 40.0 Å². The van der Waals surface area contributed by atoms with E-state index in [0.29, 0.717) is 25.6 Å². The zero-order valence-corrected chi connectivity index (χ0v) is 37.2. The molecule has 0 saturated carbocycles. The number of urea groups is 2. The molecular weight excluding hydrogens is 713 g/mol. The van der Waals surface area contributed by atoms with Crippen molar-refractivity contribution >= 4 is 40.9 Å². The molecule has 4 atom stereocenters. The lowest BCUT2D eigenvalue weighted by atomic mass is 10.1. The van der Waals surface area contributed by atoms with Crippen molar-refractivity contribution in [3.63, 3.8) is 0 Å². The molecule has 0 aliphatic carbocycles. The first-order valence-electron chi connectivity index (χ1n) is 19.8. The number of nitrogens with one attached hydrogen (secondary N) is 6. The van der Waals surface area contributed by atoms with Crippen LogP contribution in [0.2, 0.25) is 26.2 Å². The number of amides is 6. The molecule has 0 aromatic heterocycles. The maximum absolute atomic E-state index is 12.5. The number of ether oxygens (including phenoxy) is 2. The van der Waals surface area contributed by atoms with Gasteiger partial charge < -0.3 is 57.0 Å². The first-order chi connectivity index (χ1) is 24.7. The molecule has 0 fully saturated rings. The molecule has 0 radical (unpaired) electrons. The third-order valence-electron chi connectivity index (χ3n) is 7.87. The minimum Gasteiger partial charge on any atom is -0.451 e. The Bertz CT molecular complexity index is 983. The maximum atomic E-state index is 12.5. The number of hydrogen-bond donors (Lipinski definition) is 8. The molecule has 0 aromatic carbocycles. The standard InChI is InChI=1S/C29H63N7O7Si2.C7H17N/c1-9-10-13-16-25(35-26(37)31-4)36-29(40)42-22-45(7,8)43-44(5,6)21-41-28(39)33-20-15-12-11-14-19-32-27(38)34-24(3)18-17-23(2)30;1-6(2)4-5-7(3)8/h23-25H,9-22,30H2,1-8H3,(H,33,39)(H,36,40)(H2,31,35,37)(H2,32,34,38);6-7H,4-5,8H2,1-3H3.